The molecule has 1 aromatic carbocycles. The summed E-state index contributed by atoms with van der Waals surface area (Å²) in [4.78, 5) is 4.40. The fourth-order valence-electron chi connectivity index (χ4n) is 1.68. The van der Waals surface area contributed by atoms with Crippen LogP contribution in [-0.2, 0) is 23.1 Å². The van der Waals surface area contributed by atoms with Gasteiger partial charge in [0.05, 0.1) is 6.54 Å². The van der Waals surface area contributed by atoms with Crippen molar-refractivity contribution in [3.8, 4) is 0 Å². The summed E-state index contributed by atoms with van der Waals surface area (Å²) < 4.78 is 11.3. The third-order valence-electron chi connectivity index (χ3n) is 2.51. The molecular formula is C13H15ClN2OS2. The number of thiazole rings is 1. The van der Waals surface area contributed by atoms with Gasteiger partial charge in [0.25, 0.3) is 0 Å². The first-order chi connectivity index (χ1) is 9.04. The van der Waals surface area contributed by atoms with Gasteiger partial charge in [-0.3, -0.25) is 4.21 Å². The summed E-state index contributed by atoms with van der Waals surface area (Å²) in [7, 11) is -0.894. The van der Waals surface area contributed by atoms with Crippen LogP contribution < -0.4 is 5.32 Å². The molecule has 0 aliphatic heterocycles. The number of rotatable bonds is 5. The van der Waals surface area contributed by atoms with Gasteiger partial charge < -0.3 is 5.32 Å². The fraction of sp³-hybridized carbons (Fsp3) is 0.308. The van der Waals surface area contributed by atoms with Crippen molar-refractivity contribution in [2.24, 2.45) is 0 Å². The van der Waals surface area contributed by atoms with Crippen molar-refractivity contribution >= 4 is 39.4 Å². The van der Waals surface area contributed by atoms with Crippen LogP contribution in [0.5, 0.6) is 0 Å². The Morgan fingerprint density at radius 1 is 1.47 bits per heavy atom. The van der Waals surface area contributed by atoms with E-state index >= 15 is 0 Å². The van der Waals surface area contributed by atoms with Crippen LogP contribution in [0.4, 0.5) is 5.69 Å². The van der Waals surface area contributed by atoms with Crippen molar-refractivity contribution in [1.82, 2.24) is 4.98 Å². The van der Waals surface area contributed by atoms with Gasteiger partial charge in [-0.25, -0.2) is 4.98 Å². The van der Waals surface area contributed by atoms with Gasteiger partial charge in [0, 0.05) is 44.6 Å². The average molecular weight is 315 g/mol. The van der Waals surface area contributed by atoms with E-state index in [0.717, 1.165) is 22.0 Å². The maximum absolute atomic E-state index is 11.3. The van der Waals surface area contributed by atoms with Crippen LogP contribution in [-0.4, -0.2) is 15.4 Å². The Hall–Kier alpha value is -0.910. The number of anilines is 1. The Kier molecular flexibility index (Phi) is 4.96. The number of nitrogens with zero attached hydrogens (tertiary/aromatic N) is 1. The molecule has 0 spiro atoms. The Balaban J connectivity index is 2.06. The predicted octanol–water partition coefficient (Wildman–Crippen LogP) is 3.60. The molecule has 0 radical (unpaired) electrons. The van der Waals surface area contributed by atoms with E-state index < -0.39 is 10.8 Å². The van der Waals surface area contributed by atoms with Gasteiger partial charge in [-0.2, -0.15) is 0 Å². The van der Waals surface area contributed by atoms with Crippen molar-refractivity contribution in [1.29, 1.82) is 0 Å². The Morgan fingerprint density at radius 3 is 2.89 bits per heavy atom. The van der Waals surface area contributed by atoms with E-state index in [1.54, 1.807) is 17.6 Å². The summed E-state index contributed by atoms with van der Waals surface area (Å²) in [6, 6.07) is 5.70. The molecular weight excluding hydrogens is 300 g/mol. The van der Waals surface area contributed by atoms with Gasteiger partial charge in [0.15, 0.2) is 0 Å². The zero-order chi connectivity index (χ0) is 13.8. The highest BCUT2D eigenvalue weighted by molar-refractivity contribution is 7.83. The molecule has 3 nitrogen and oxygen atoms in total. The summed E-state index contributed by atoms with van der Waals surface area (Å²) >= 11 is 7.73. The van der Waals surface area contributed by atoms with Crippen LogP contribution in [0.3, 0.4) is 0 Å². The van der Waals surface area contributed by atoms with Crippen molar-refractivity contribution in [2.75, 3.05) is 11.6 Å². The molecule has 1 N–H and O–H groups in total. The fourth-order valence-corrected chi connectivity index (χ4v) is 3.33. The second-order valence-electron chi connectivity index (χ2n) is 4.26. The highest BCUT2D eigenvalue weighted by Gasteiger charge is 2.05. The first kappa shape index (κ1) is 14.5. The Bertz CT molecular complexity index is 598. The number of hydrogen-bond acceptors (Lipinski definition) is 4. The highest BCUT2D eigenvalue weighted by atomic mass is 35.5. The van der Waals surface area contributed by atoms with Gasteiger partial charge >= 0.3 is 0 Å². The van der Waals surface area contributed by atoms with Crippen LogP contribution in [0.15, 0.2) is 23.6 Å². The minimum absolute atomic E-state index is 0.477. The second kappa shape index (κ2) is 6.50. The molecule has 0 amide bonds. The first-order valence-corrected chi connectivity index (χ1v) is 8.76. The molecule has 0 unspecified atom stereocenters. The smallest absolute Gasteiger partial charge is 0.112 e. The lowest BCUT2D eigenvalue weighted by Crippen LogP contribution is -2.01. The molecule has 1 atom stereocenters. The number of hydrogen-bond donors (Lipinski definition) is 1. The topological polar surface area (TPSA) is 42.0 Å². The van der Waals surface area contributed by atoms with Gasteiger partial charge in [0.1, 0.15) is 5.01 Å². The number of aryl methyl sites for hydroxylation is 1. The zero-order valence-corrected chi connectivity index (χ0v) is 13.2. The summed E-state index contributed by atoms with van der Waals surface area (Å²) in [5.41, 5.74) is 2.92. The van der Waals surface area contributed by atoms with E-state index in [2.05, 4.69) is 10.3 Å². The van der Waals surface area contributed by atoms with Gasteiger partial charge in [-0.1, -0.05) is 11.6 Å². The summed E-state index contributed by atoms with van der Waals surface area (Å²) in [6.45, 7) is 2.67. The SMILES string of the molecule is Cc1csc(CNc2ccc(Cl)c(C[S@@](C)=O)c2)n1. The average Bonchev–Trinajstić information content (AvgIpc) is 2.75. The maximum atomic E-state index is 11.3. The van der Waals surface area contributed by atoms with E-state index in [1.807, 2.05) is 30.5 Å². The van der Waals surface area contributed by atoms with Crippen LogP contribution in [0, 0.1) is 6.92 Å². The summed E-state index contributed by atoms with van der Waals surface area (Å²) in [5, 5.41) is 7.05. The molecule has 0 saturated heterocycles. The number of halogens is 1. The molecule has 0 fully saturated rings. The third-order valence-corrected chi connectivity index (χ3v) is 4.57. The molecule has 0 bridgehead atoms. The maximum Gasteiger partial charge on any atom is 0.112 e. The van der Waals surface area contributed by atoms with E-state index in [0.29, 0.717) is 17.3 Å². The lowest BCUT2D eigenvalue weighted by atomic mass is 10.2. The molecule has 2 aromatic rings. The molecule has 2 rings (SSSR count). The second-order valence-corrected chi connectivity index (χ2v) is 7.04. The van der Waals surface area contributed by atoms with E-state index in [-0.39, 0.29) is 0 Å². The van der Waals surface area contributed by atoms with Crippen molar-refractivity contribution < 1.29 is 4.21 Å². The monoisotopic (exact) mass is 314 g/mol. The summed E-state index contributed by atoms with van der Waals surface area (Å²) in [5.74, 6) is 0.477. The Labute approximate surface area is 124 Å². The molecule has 0 aliphatic carbocycles. The van der Waals surface area contributed by atoms with Crippen molar-refractivity contribution in [2.45, 2.75) is 19.2 Å². The lowest BCUT2D eigenvalue weighted by molar-refractivity contribution is 0.686. The normalized spacial score (nSPS) is 12.4. The first-order valence-electron chi connectivity index (χ1n) is 5.78. The van der Waals surface area contributed by atoms with Crippen LogP contribution in [0.1, 0.15) is 16.3 Å². The van der Waals surface area contributed by atoms with Crippen LogP contribution in [0.2, 0.25) is 5.02 Å². The molecule has 1 aromatic heterocycles. The highest BCUT2D eigenvalue weighted by Crippen LogP contribution is 2.22. The minimum atomic E-state index is -0.894. The predicted molar refractivity (Wildman–Crippen MR) is 83.4 cm³/mol. The quantitative estimate of drug-likeness (QED) is 0.917. The Morgan fingerprint density at radius 2 is 2.26 bits per heavy atom. The van der Waals surface area contributed by atoms with Gasteiger partial charge in [-0.15, -0.1) is 11.3 Å². The third kappa shape index (κ3) is 4.30. The van der Waals surface area contributed by atoms with E-state index in [9.17, 15) is 4.21 Å². The van der Waals surface area contributed by atoms with Crippen molar-refractivity contribution in [3.63, 3.8) is 0 Å². The molecule has 6 heteroatoms. The molecule has 102 valence electrons. The van der Waals surface area contributed by atoms with Crippen LogP contribution >= 0.6 is 22.9 Å². The van der Waals surface area contributed by atoms with Crippen LogP contribution in [0.25, 0.3) is 0 Å². The minimum Gasteiger partial charge on any atom is -0.379 e. The number of nitrogens with one attached hydrogen (secondary N) is 1. The largest absolute Gasteiger partial charge is 0.379 e. The van der Waals surface area contributed by atoms with Gasteiger partial charge in [0.2, 0.25) is 0 Å². The number of benzene rings is 1. The van der Waals surface area contributed by atoms with Crippen molar-refractivity contribution in [3.05, 3.63) is 44.9 Å². The molecule has 0 aliphatic rings. The van der Waals surface area contributed by atoms with E-state index in [4.69, 9.17) is 11.6 Å². The molecule has 1 heterocycles. The standard InChI is InChI=1S/C13H15ClN2OS2/c1-9-7-18-13(16-9)6-15-11-3-4-12(14)10(5-11)8-19(2)17/h3-5,7,15H,6,8H2,1-2H3/t19-/m1/s1. The van der Waals surface area contributed by atoms with Gasteiger partial charge in [-0.05, 0) is 30.7 Å². The molecule has 0 saturated carbocycles. The molecule has 19 heavy (non-hydrogen) atoms. The van der Waals surface area contributed by atoms with E-state index in [1.165, 1.54) is 0 Å². The summed E-state index contributed by atoms with van der Waals surface area (Å²) in [6.07, 6.45) is 1.68. The zero-order valence-electron chi connectivity index (χ0n) is 10.8. The number of aromatic nitrogens is 1. The lowest BCUT2D eigenvalue weighted by Gasteiger charge is -2.08.